The Kier molecular flexibility index (Phi) is 6.10. The maximum Gasteiger partial charge on any atom is 0.228 e. The summed E-state index contributed by atoms with van der Waals surface area (Å²) < 4.78 is 18.7. The molecule has 1 heterocycles. The zero-order chi connectivity index (χ0) is 17.1. The lowest BCUT2D eigenvalue weighted by molar-refractivity contribution is 0.171. The molecule has 0 bridgehead atoms. The molecule has 4 nitrogen and oxygen atoms in total. The number of hydrogen-bond acceptors (Lipinski definition) is 4. The van der Waals surface area contributed by atoms with Gasteiger partial charge in [-0.15, -0.1) is 0 Å². The summed E-state index contributed by atoms with van der Waals surface area (Å²) in [4.78, 5) is 6.75. The third-order valence-corrected chi connectivity index (χ3v) is 9.60. The van der Waals surface area contributed by atoms with Gasteiger partial charge in [0.1, 0.15) is 6.61 Å². The summed E-state index contributed by atoms with van der Waals surface area (Å²) in [6.45, 7) is 8.77. The van der Waals surface area contributed by atoms with Gasteiger partial charge in [-0.2, -0.15) is 10.5 Å². The molecule has 23 heavy (non-hydrogen) atoms. The smallest absolute Gasteiger partial charge is 0.228 e. The number of rotatable bonds is 8. The summed E-state index contributed by atoms with van der Waals surface area (Å²) >= 11 is 0. The lowest BCUT2D eigenvalue weighted by Gasteiger charge is -2.28. The molecule has 3 atom stereocenters. The van der Waals surface area contributed by atoms with Gasteiger partial charge < -0.3 is 9.36 Å². The van der Waals surface area contributed by atoms with Gasteiger partial charge in [0, 0.05) is 11.5 Å². The van der Waals surface area contributed by atoms with Gasteiger partial charge in [-0.1, -0.05) is 25.1 Å². The summed E-state index contributed by atoms with van der Waals surface area (Å²) in [6.07, 6.45) is 10.4. The first-order valence-electron chi connectivity index (χ1n) is 8.17. The summed E-state index contributed by atoms with van der Waals surface area (Å²) in [5, 5.41) is 5.04. The van der Waals surface area contributed by atoms with Crippen LogP contribution in [0.2, 0.25) is 0 Å². The van der Waals surface area contributed by atoms with E-state index in [0.29, 0.717) is 11.9 Å². The predicted octanol–water partition coefficient (Wildman–Crippen LogP) is 5.00. The molecule has 0 amide bonds. The van der Waals surface area contributed by atoms with Gasteiger partial charge >= 0.3 is 0 Å². The molecule has 0 fully saturated rings. The molecule has 0 aromatic rings. The Morgan fingerprint density at radius 3 is 2.78 bits per heavy atom. The van der Waals surface area contributed by atoms with E-state index in [1.54, 1.807) is 0 Å². The van der Waals surface area contributed by atoms with Crippen LogP contribution in [0, 0.1) is 5.41 Å². The van der Waals surface area contributed by atoms with Crippen molar-refractivity contribution in [1.29, 1.82) is 0 Å². The van der Waals surface area contributed by atoms with Crippen molar-refractivity contribution in [2.24, 2.45) is 10.6 Å². The Hall–Kier alpha value is -0.640. The van der Waals surface area contributed by atoms with E-state index in [1.807, 2.05) is 19.2 Å². The first kappa shape index (κ1) is 18.7. The number of hydrogen-bond donors (Lipinski definition) is 0. The largest absolute Gasteiger partial charge is 0.360 e. The Morgan fingerprint density at radius 1 is 1.52 bits per heavy atom. The fourth-order valence-corrected chi connectivity index (χ4v) is 5.98. The average molecular weight is 357 g/mol. The Bertz CT molecular complexity index is 636. The molecule has 2 aliphatic rings. The van der Waals surface area contributed by atoms with Crippen LogP contribution in [0.3, 0.4) is 0 Å². The highest BCUT2D eigenvalue weighted by Crippen LogP contribution is 2.62. The third kappa shape index (κ3) is 4.46. The lowest BCUT2D eigenvalue weighted by Crippen LogP contribution is -2.29. The second kappa shape index (κ2) is 7.50. The van der Waals surface area contributed by atoms with Crippen molar-refractivity contribution < 1.29 is 13.9 Å². The van der Waals surface area contributed by atoms with Gasteiger partial charge in [-0.25, -0.2) is 0 Å². The van der Waals surface area contributed by atoms with Crippen LogP contribution in [0.1, 0.15) is 40.5 Å². The normalized spacial score (nSPS) is 27.4. The number of nitrogens with zero attached hydrogens (tertiary/aromatic N) is 1. The molecule has 1 aliphatic heterocycles. The van der Waals surface area contributed by atoms with Crippen LogP contribution >= 0.6 is 17.9 Å². The molecule has 0 saturated heterocycles. The predicted molar refractivity (Wildman–Crippen MR) is 102 cm³/mol. The topological polar surface area (TPSA) is 47.9 Å². The maximum atomic E-state index is 12.9. The van der Waals surface area contributed by atoms with E-state index in [2.05, 4.69) is 38.3 Å². The Morgan fingerprint density at radius 2 is 2.22 bits per heavy atom. The van der Waals surface area contributed by atoms with Crippen molar-refractivity contribution in [3.8, 4) is 0 Å². The molecular weight excluding hydrogens is 329 g/mol. The molecule has 0 aromatic heterocycles. The zero-order valence-electron chi connectivity index (χ0n) is 14.8. The van der Waals surface area contributed by atoms with Crippen molar-refractivity contribution in [2.45, 2.75) is 40.5 Å². The minimum absolute atomic E-state index is 0.221. The van der Waals surface area contributed by atoms with E-state index < -0.39 is 7.37 Å². The molecular formula is C17H28NO3PS. The lowest BCUT2D eigenvalue weighted by atomic mass is 9.87. The zero-order valence-corrected chi connectivity index (χ0v) is 16.5. The second-order valence-corrected chi connectivity index (χ2v) is 11.4. The van der Waals surface area contributed by atoms with Gasteiger partial charge in [-0.05, 0) is 49.6 Å². The van der Waals surface area contributed by atoms with Crippen molar-refractivity contribution >= 4 is 28.9 Å². The fraction of sp³-hybridized carbons (Fsp3) is 0.647. The molecule has 1 aliphatic carbocycles. The number of allylic oxidation sites excluding steroid dienone is 3. The third-order valence-electron chi connectivity index (χ3n) is 4.42. The van der Waals surface area contributed by atoms with Crippen LogP contribution < -0.4 is 0 Å². The highest BCUT2D eigenvalue weighted by Gasteiger charge is 2.34. The molecule has 6 heteroatoms. The molecule has 0 saturated carbocycles. The Balaban J connectivity index is 2.12. The van der Waals surface area contributed by atoms with E-state index in [0.717, 1.165) is 23.9 Å². The van der Waals surface area contributed by atoms with Crippen LogP contribution in [0.4, 0.5) is 0 Å². The SMILES string of the molecule is CCCP(=O)(OCC1=CC(C)(C(C)=S(C)CC)C=NO1)C1=CC1. The van der Waals surface area contributed by atoms with Crippen molar-refractivity contribution in [3.63, 3.8) is 0 Å². The van der Waals surface area contributed by atoms with Crippen LogP contribution in [-0.2, 0) is 13.9 Å². The highest BCUT2D eigenvalue weighted by atomic mass is 32.2. The van der Waals surface area contributed by atoms with Crippen LogP contribution in [0.15, 0.2) is 28.4 Å². The molecule has 2 rings (SSSR count). The van der Waals surface area contributed by atoms with Gasteiger partial charge in [0.15, 0.2) is 5.76 Å². The maximum absolute atomic E-state index is 12.9. The fourth-order valence-electron chi connectivity index (χ4n) is 2.53. The molecule has 0 N–H and O–H groups in total. The summed E-state index contributed by atoms with van der Waals surface area (Å²) in [7, 11) is -2.43. The summed E-state index contributed by atoms with van der Waals surface area (Å²) in [5.74, 6) is 1.77. The van der Waals surface area contributed by atoms with Crippen LogP contribution in [0.5, 0.6) is 0 Å². The summed E-state index contributed by atoms with van der Waals surface area (Å²) in [5.41, 5.74) is -0.224. The average Bonchev–Trinajstić information content (AvgIpc) is 3.37. The second-order valence-electron chi connectivity index (χ2n) is 6.27. The quantitative estimate of drug-likeness (QED) is 0.454. The van der Waals surface area contributed by atoms with Gasteiger partial charge in [-0.3, -0.25) is 4.57 Å². The first-order valence-corrected chi connectivity index (χ1v) is 11.8. The molecule has 0 spiro atoms. The standard InChI is InChI=1S/C17H28NO3PS/c1-6-10-22(19,16-8-9-16)20-12-15-11-17(4,13-18-21-15)14(3)23(5)7-2/h8,11,13H,6-7,9-10,12H2,1-5H3. The minimum Gasteiger partial charge on any atom is -0.360 e. The van der Waals surface area contributed by atoms with Crippen LogP contribution in [0.25, 0.3) is 0 Å². The van der Waals surface area contributed by atoms with Crippen LogP contribution in [-0.4, -0.2) is 35.9 Å². The van der Waals surface area contributed by atoms with E-state index in [-0.39, 0.29) is 22.5 Å². The van der Waals surface area contributed by atoms with E-state index >= 15 is 0 Å². The highest BCUT2D eigenvalue weighted by molar-refractivity contribution is 8.15. The van der Waals surface area contributed by atoms with Crippen molar-refractivity contribution in [1.82, 2.24) is 0 Å². The van der Waals surface area contributed by atoms with E-state index in [9.17, 15) is 4.57 Å². The van der Waals surface area contributed by atoms with E-state index in [4.69, 9.17) is 9.36 Å². The molecule has 3 unspecified atom stereocenters. The van der Waals surface area contributed by atoms with E-state index in [1.165, 1.54) is 4.86 Å². The first-order chi connectivity index (χ1) is 10.8. The Labute approximate surface area is 142 Å². The van der Waals surface area contributed by atoms with Crippen molar-refractivity contribution in [2.75, 3.05) is 24.8 Å². The molecule has 130 valence electrons. The van der Waals surface area contributed by atoms with Gasteiger partial charge in [0.05, 0.1) is 11.6 Å². The number of oxime groups is 1. The minimum atomic E-state index is -2.65. The molecule has 0 radical (unpaired) electrons. The van der Waals surface area contributed by atoms with Gasteiger partial charge in [0.25, 0.3) is 0 Å². The van der Waals surface area contributed by atoms with Crippen molar-refractivity contribution in [3.05, 3.63) is 23.2 Å². The van der Waals surface area contributed by atoms with Gasteiger partial charge in [0.2, 0.25) is 7.37 Å². The molecule has 0 aromatic carbocycles. The summed E-state index contributed by atoms with van der Waals surface area (Å²) in [6, 6.07) is 0. The monoisotopic (exact) mass is 357 g/mol.